The lowest BCUT2D eigenvalue weighted by Gasteiger charge is -2.10. The molecule has 0 heterocycles. The van der Waals surface area contributed by atoms with E-state index >= 15 is 0 Å². The van der Waals surface area contributed by atoms with Crippen molar-refractivity contribution in [2.45, 2.75) is 6.61 Å². The molecule has 0 aliphatic heterocycles. The summed E-state index contributed by atoms with van der Waals surface area (Å²) in [4.78, 5) is 11.4. The largest absolute Gasteiger partial charge is 0.434 e. The molecule has 1 rings (SSSR count). The van der Waals surface area contributed by atoms with E-state index in [1.54, 1.807) is 0 Å². The molecule has 7 heteroatoms. The summed E-state index contributed by atoms with van der Waals surface area (Å²) in [6, 6.07) is 2.74. The smallest absolute Gasteiger partial charge is 0.387 e. The Morgan fingerprint density at radius 3 is 2.44 bits per heavy atom. The molecular weight excluding hydrogens is 418 g/mol. The Kier molecular flexibility index (Phi) is 5.33. The van der Waals surface area contributed by atoms with Crippen LogP contribution in [-0.4, -0.2) is 17.7 Å². The lowest BCUT2D eigenvalue weighted by atomic mass is 10.1. The second-order valence-electron chi connectivity index (χ2n) is 2.67. The highest BCUT2D eigenvalue weighted by molar-refractivity contribution is 9.13. The average Bonchev–Trinajstić information content (AvgIpc) is 2.23. The Bertz CT molecular complexity index is 410. The number of carbonyl (C=O) groups is 1. The van der Waals surface area contributed by atoms with Gasteiger partial charge in [0.1, 0.15) is 5.75 Å². The van der Waals surface area contributed by atoms with Crippen molar-refractivity contribution in [1.82, 2.24) is 0 Å². The standard InChI is InChI=1S/C9H5Br3F2O2/c10-3-5(15)4-1-2-6(16-9(13)14)8(12)7(4)11/h1-2,9H,3H2. The second kappa shape index (κ2) is 6.07. The number of benzene rings is 1. The van der Waals surface area contributed by atoms with Gasteiger partial charge in [-0.05, 0) is 44.0 Å². The molecule has 0 fully saturated rings. The van der Waals surface area contributed by atoms with Crippen LogP contribution in [0.2, 0.25) is 0 Å². The number of carbonyl (C=O) groups excluding carboxylic acids is 1. The van der Waals surface area contributed by atoms with Gasteiger partial charge < -0.3 is 4.74 Å². The van der Waals surface area contributed by atoms with Gasteiger partial charge in [-0.15, -0.1) is 0 Å². The predicted molar refractivity (Wildman–Crippen MR) is 66.6 cm³/mol. The molecule has 0 spiro atoms. The van der Waals surface area contributed by atoms with Crippen LogP contribution in [-0.2, 0) is 0 Å². The Labute approximate surface area is 116 Å². The maximum Gasteiger partial charge on any atom is 0.387 e. The molecule has 16 heavy (non-hydrogen) atoms. The van der Waals surface area contributed by atoms with Gasteiger partial charge in [0.15, 0.2) is 5.78 Å². The fraction of sp³-hybridized carbons (Fsp3) is 0.222. The normalized spacial score (nSPS) is 10.6. The molecule has 0 saturated heterocycles. The van der Waals surface area contributed by atoms with E-state index in [-0.39, 0.29) is 16.9 Å². The number of rotatable bonds is 4. The molecule has 0 amide bonds. The molecule has 0 saturated carbocycles. The van der Waals surface area contributed by atoms with Gasteiger partial charge >= 0.3 is 6.61 Å². The minimum Gasteiger partial charge on any atom is -0.434 e. The van der Waals surface area contributed by atoms with E-state index in [4.69, 9.17) is 0 Å². The monoisotopic (exact) mass is 420 g/mol. The van der Waals surface area contributed by atoms with E-state index in [1.165, 1.54) is 12.1 Å². The highest BCUT2D eigenvalue weighted by Gasteiger charge is 2.16. The minimum absolute atomic E-state index is 0.0204. The lowest BCUT2D eigenvalue weighted by molar-refractivity contribution is -0.0503. The van der Waals surface area contributed by atoms with Crippen molar-refractivity contribution < 1.29 is 18.3 Å². The first kappa shape index (κ1) is 14.1. The number of hydrogen-bond acceptors (Lipinski definition) is 2. The van der Waals surface area contributed by atoms with Crippen molar-refractivity contribution in [2.75, 3.05) is 5.33 Å². The van der Waals surface area contributed by atoms with E-state index in [2.05, 4.69) is 52.5 Å². The molecule has 0 atom stereocenters. The molecule has 0 N–H and O–H groups in total. The van der Waals surface area contributed by atoms with Gasteiger partial charge in [-0.1, -0.05) is 15.9 Å². The molecular formula is C9H5Br3F2O2. The molecule has 1 aromatic rings. The van der Waals surface area contributed by atoms with Gasteiger partial charge in [-0.25, -0.2) is 0 Å². The Morgan fingerprint density at radius 1 is 1.31 bits per heavy atom. The number of Topliss-reactive ketones (excluding diaryl/α,β-unsaturated/α-hetero) is 1. The number of halogens is 5. The Morgan fingerprint density at radius 2 is 1.94 bits per heavy atom. The van der Waals surface area contributed by atoms with Gasteiger partial charge in [0.2, 0.25) is 0 Å². The van der Waals surface area contributed by atoms with Gasteiger partial charge in [-0.3, -0.25) is 4.79 Å². The van der Waals surface area contributed by atoms with Crippen molar-refractivity contribution in [2.24, 2.45) is 0 Å². The molecule has 0 aliphatic carbocycles. The quantitative estimate of drug-likeness (QED) is 0.531. The topological polar surface area (TPSA) is 26.3 Å². The summed E-state index contributed by atoms with van der Waals surface area (Å²) in [6.45, 7) is -2.90. The summed E-state index contributed by atoms with van der Waals surface area (Å²) in [7, 11) is 0. The summed E-state index contributed by atoms with van der Waals surface area (Å²) < 4.78 is 29.0. The Hall–Kier alpha value is -0.0100. The van der Waals surface area contributed by atoms with Crippen LogP contribution in [0.1, 0.15) is 10.4 Å². The molecule has 0 aromatic heterocycles. The molecule has 88 valence electrons. The lowest BCUT2D eigenvalue weighted by Crippen LogP contribution is -2.05. The van der Waals surface area contributed by atoms with Crippen LogP contribution in [0, 0.1) is 0 Å². The first-order valence-electron chi connectivity index (χ1n) is 3.99. The van der Waals surface area contributed by atoms with E-state index in [0.29, 0.717) is 14.5 Å². The molecule has 0 unspecified atom stereocenters. The maximum absolute atomic E-state index is 12.0. The zero-order valence-electron chi connectivity index (χ0n) is 7.65. The van der Waals surface area contributed by atoms with Crippen molar-refractivity contribution in [3.05, 3.63) is 26.6 Å². The number of alkyl halides is 3. The van der Waals surface area contributed by atoms with Gasteiger partial charge in [0.25, 0.3) is 0 Å². The summed E-state index contributed by atoms with van der Waals surface area (Å²) in [5.41, 5.74) is 0.394. The van der Waals surface area contributed by atoms with Crippen LogP contribution in [0.3, 0.4) is 0 Å². The summed E-state index contributed by atoms with van der Waals surface area (Å²) in [5, 5.41) is 0.160. The van der Waals surface area contributed by atoms with Crippen molar-refractivity contribution >= 4 is 53.6 Å². The molecule has 0 aliphatic rings. The van der Waals surface area contributed by atoms with Crippen LogP contribution >= 0.6 is 47.8 Å². The van der Waals surface area contributed by atoms with Crippen LogP contribution in [0.4, 0.5) is 8.78 Å². The fourth-order valence-electron chi connectivity index (χ4n) is 1.01. The van der Waals surface area contributed by atoms with E-state index in [0.717, 1.165) is 0 Å². The number of ketones is 1. The van der Waals surface area contributed by atoms with Gasteiger partial charge in [0, 0.05) is 10.0 Å². The Balaban J connectivity index is 3.13. The highest BCUT2D eigenvalue weighted by Crippen LogP contribution is 2.36. The van der Waals surface area contributed by atoms with Crippen molar-refractivity contribution in [3.8, 4) is 5.75 Å². The summed E-state index contributed by atoms with van der Waals surface area (Å²) >= 11 is 9.27. The maximum atomic E-state index is 12.0. The highest BCUT2D eigenvalue weighted by atomic mass is 79.9. The molecule has 0 radical (unpaired) electrons. The van der Waals surface area contributed by atoms with E-state index in [9.17, 15) is 13.6 Å². The van der Waals surface area contributed by atoms with E-state index in [1.807, 2.05) is 0 Å². The van der Waals surface area contributed by atoms with Crippen LogP contribution in [0.5, 0.6) is 5.75 Å². The summed E-state index contributed by atoms with van der Waals surface area (Å²) in [6.07, 6.45) is 0. The molecule has 0 bridgehead atoms. The third-order valence-corrected chi connectivity index (χ3v) is 4.34. The van der Waals surface area contributed by atoms with E-state index < -0.39 is 6.61 Å². The van der Waals surface area contributed by atoms with Crippen LogP contribution in [0.15, 0.2) is 21.1 Å². The molecule has 2 nitrogen and oxygen atoms in total. The van der Waals surface area contributed by atoms with Gasteiger partial charge in [0.05, 0.1) is 9.80 Å². The van der Waals surface area contributed by atoms with Crippen LogP contribution in [0.25, 0.3) is 0 Å². The third kappa shape index (κ3) is 3.24. The van der Waals surface area contributed by atoms with Gasteiger partial charge in [-0.2, -0.15) is 8.78 Å². The zero-order valence-corrected chi connectivity index (χ0v) is 12.4. The number of hydrogen-bond donors (Lipinski definition) is 0. The van der Waals surface area contributed by atoms with Crippen molar-refractivity contribution in [1.29, 1.82) is 0 Å². The first-order valence-corrected chi connectivity index (χ1v) is 6.70. The van der Waals surface area contributed by atoms with Crippen LogP contribution < -0.4 is 4.74 Å². The SMILES string of the molecule is O=C(CBr)c1ccc(OC(F)F)c(Br)c1Br. The summed E-state index contributed by atoms with van der Waals surface area (Å²) in [5.74, 6) is -0.177. The third-order valence-electron chi connectivity index (χ3n) is 1.68. The fourth-order valence-corrected chi connectivity index (χ4v) is 2.30. The predicted octanol–water partition coefficient (Wildman–Crippen LogP) is 4.39. The average molecular weight is 423 g/mol. The first-order chi connectivity index (χ1) is 7.47. The minimum atomic E-state index is -2.90. The number of ether oxygens (including phenoxy) is 1. The molecule has 1 aromatic carbocycles. The second-order valence-corrected chi connectivity index (χ2v) is 4.82. The zero-order chi connectivity index (χ0) is 12.3. The van der Waals surface area contributed by atoms with Crippen molar-refractivity contribution in [3.63, 3.8) is 0 Å².